The number of rotatable bonds is 4. The van der Waals surface area contributed by atoms with Crippen molar-refractivity contribution in [3.05, 3.63) is 5.82 Å². The minimum absolute atomic E-state index is 0.123. The Balaban J connectivity index is 2.60. The number of aromatic nitrogens is 4. The number of nitrogens with two attached hydrogens (primary N) is 1. The molecule has 0 saturated carbocycles. The predicted octanol–water partition coefficient (Wildman–Crippen LogP) is -0.638. The van der Waals surface area contributed by atoms with Gasteiger partial charge < -0.3 is 11.1 Å². The number of nitrogens with one attached hydrogen (secondary N) is 2. The number of nitrogens with zero attached hydrogens (tertiary/aromatic N) is 3. The molecule has 15 heavy (non-hydrogen) atoms. The van der Waals surface area contributed by atoms with Crippen molar-refractivity contribution < 1.29 is 4.79 Å². The molecule has 1 rings (SSSR count). The topological polar surface area (TPSA) is 110 Å². The van der Waals surface area contributed by atoms with E-state index in [1.807, 2.05) is 0 Å². The third-order valence-electron chi connectivity index (χ3n) is 2.22. The second-order valence-electron chi connectivity index (χ2n) is 4.05. The normalized spacial score (nSPS) is 13.6. The summed E-state index contributed by atoms with van der Waals surface area (Å²) in [6.07, 6.45) is 0. The number of H-pyrrole nitrogens is 1. The first-order valence-electron chi connectivity index (χ1n) is 4.72. The van der Waals surface area contributed by atoms with Crippen molar-refractivity contribution in [2.45, 2.75) is 26.8 Å². The van der Waals surface area contributed by atoms with Crippen LogP contribution in [-0.4, -0.2) is 33.1 Å². The summed E-state index contributed by atoms with van der Waals surface area (Å²) in [5, 5.41) is 16.1. The lowest BCUT2D eigenvalue weighted by atomic mass is 9.92. The van der Waals surface area contributed by atoms with Crippen LogP contribution in [0.4, 0.5) is 0 Å². The second-order valence-corrected chi connectivity index (χ2v) is 4.05. The van der Waals surface area contributed by atoms with Crippen LogP contribution in [-0.2, 0) is 4.79 Å². The van der Waals surface area contributed by atoms with Gasteiger partial charge in [0.15, 0.2) is 5.82 Å². The highest BCUT2D eigenvalue weighted by Crippen LogP contribution is 2.15. The molecule has 0 bridgehead atoms. The Bertz CT molecular complexity index is 320. The van der Waals surface area contributed by atoms with Crippen LogP contribution in [0.15, 0.2) is 0 Å². The molecule has 0 fully saturated rings. The lowest BCUT2D eigenvalue weighted by molar-refractivity contribution is -0.129. The number of hydrogen-bond acceptors (Lipinski definition) is 5. The van der Waals surface area contributed by atoms with Gasteiger partial charge in [-0.3, -0.25) is 4.79 Å². The number of aromatic amines is 1. The predicted molar refractivity (Wildman–Crippen MR) is 53.6 cm³/mol. The zero-order valence-corrected chi connectivity index (χ0v) is 9.11. The highest BCUT2D eigenvalue weighted by molar-refractivity contribution is 5.82. The first-order valence-corrected chi connectivity index (χ1v) is 4.72. The number of amides is 1. The van der Waals surface area contributed by atoms with Crippen molar-refractivity contribution in [2.75, 3.05) is 6.54 Å². The fraction of sp³-hybridized carbons (Fsp3) is 0.750. The van der Waals surface area contributed by atoms with E-state index in [9.17, 15) is 4.79 Å². The molecule has 0 spiro atoms. The van der Waals surface area contributed by atoms with Crippen LogP contribution in [0.1, 0.15) is 32.6 Å². The van der Waals surface area contributed by atoms with Gasteiger partial charge in [0.2, 0.25) is 5.91 Å². The van der Waals surface area contributed by atoms with E-state index in [-0.39, 0.29) is 18.5 Å². The van der Waals surface area contributed by atoms with Gasteiger partial charge in [-0.15, -0.1) is 10.2 Å². The monoisotopic (exact) mass is 212 g/mol. The van der Waals surface area contributed by atoms with Crippen LogP contribution in [0.25, 0.3) is 0 Å². The average molecular weight is 212 g/mol. The molecule has 1 atom stereocenters. The fourth-order valence-corrected chi connectivity index (χ4v) is 0.902. The molecule has 0 radical (unpaired) electrons. The molecule has 0 aliphatic heterocycles. The molecule has 0 aliphatic carbocycles. The standard InChI is InChI=1S/C8H16N6O/c1-5(6-11-13-14-12-6)10-7(15)8(2,3)4-9/h5H,4,9H2,1-3H3,(H,10,15)(H,11,12,13,14). The molecule has 0 aliphatic rings. The molecule has 1 heterocycles. The molecule has 7 nitrogen and oxygen atoms in total. The summed E-state index contributed by atoms with van der Waals surface area (Å²) in [6.45, 7) is 5.64. The van der Waals surface area contributed by atoms with E-state index in [4.69, 9.17) is 5.73 Å². The van der Waals surface area contributed by atoms with Crippen molar-refractivity contribution in [1.29, 1.82) is 0 Å². The lowest BCUT2D eigenvalue weighted by Crippen LogP contribution is -2.42. The number of hydrogen-bond donors (Lipinski definition) is 3. The second kappa shape index (κ2) is 4.35. The maximum absolute atomic E-state index is 11.7. The number of tetrazole rings is 1. The van der Waals surface area contributed by atoms with Gasteiger partial charge in [0.1, 0.15) is 0 Å². The average Bonchev–Trinajstić information content (AvgIpc) is 2.70. The minimum atomic E-state index is -0.585. The van der Waals surface area contributed by atoms with E-state index >= 15 is 0 Å². The van der Waals surface area contributed by atoms with Crippen LogP contribution in [0.2, 0.25) is 0 Å². The molecular weight excluding hydrogens is 196 g/mol. The van der Waals surface area contributed by atoms with Gasteiger partial charge in [-0.1, -0.05) is 5.21 Å². The molecule has 7 heteroatoms. The summed E-state index contributed by atoms with van der Waals surface area (Å²) >= 11 is 0. The highest BCUT2D eigenvalue weighted by atomic mass is 16.2. The van der Waals surface area contributed by atoms with E-state index in [1.54, 1.807) is 20.8 Å². The summed E-state index contributed by atoms with van der Waals surface area (Å²) in [5.41, 5.74) is 4.91. The van der Waals surface area contributed by atoms with Crippen LogP contribution >= 0.6 is 0 Å². The van der Waals surface area contributed by atoms with E-state index < -0.39 is 5.41 Å². The zero-order chi connectivity index (χ0) is 11.5. The van der Waals surface area contributed by atoms with Gasteiger partial charge in [0.05, 0.1) is 11.5 Å². The van der Waals surface area contributed by atoms with Gasteiger partial charge in [0.25, 0.3) is 0 Å². The summed E-state index contributed by atoms with van der Waals surface area (Å²) in [5.74, 6) is 0.332. The SMILES string of the molecule is CC(NC(=O)C(C)(C)CN)c1nn[nH]n1. The van der Waals surface area contributed by atoms with Gasteiger partial charge in [-0.25, -0.2) is 0 Å². The summed E-state index contributed by atoms with van der Waals surface area (Å²) in [7, 11) is 0. The van der Waals surface area contributed by atoms with Crippen molar-refractivity contribution >= 4 is 5.91 Å². The molecule has 1 aromatic rings. The highest BCUT2D eigenvalue weighted by Gasteiger charge is 2.27. The Morgan fingerprint density at radius 3 is 2.80 bits per heavy atom. The third kappa shape index (κ3) is 2.72. The van der Waals surface area contributed by atoms with Gasteiger partial charge >= 0.3 is 0 Å². The summed E-state index contributed by atoms with van der Waals surface area (Å²) in [6, 6.07) is -0.276. The molecule has 0 saturated heterocycles. The molecule has 1 amide bonds. The van der Waals surface area contributed by atoms with Gasteiger partial charge in [0, 0.05) is 6.54 Å². The smallest absolute Gasteiger partial charge is 0.227 e. The largest absolute Gasteiger partial charge is 0.346 e. The molecule has 84 valence electrons. The summed E-state index contributed by atoms with van der Waals surface area (Å²) in [4.78, 5) is 11.7. The molecule has 1 aromatic heterocycles. The molecule has 0 aromatic carbocycles. The Labute approximate surface area is 87.8 Å². The Kier molecular flexibility index (Phi) is 3.35. The first kappa shape index (κ1) is 11.6. The van der Waals surface area contributed by atoms with Crippen molar-refractivity contribution in [1.82, 2.24) is 25.9 Å². The van der Waals surface area contributed by atoms with Crippen LogP contribution in [0.5, 0.6) is 0 Å². The summed E-state index contributed by atoms with van der Waals surface area (Å²) < 4.78 is 0. The minimum Gasteiger partial charge on any atom is -0.346 e. The van der Waals surface area contributed by atoms with Crippen molar-refractivity contribution in [3.63, 3.8) is 0 Å². The third-order valence-corrected chi connectivity index (χ3v) is 2.22. The van der Waals surface area contributed by atoms with E-state index in [1.165, 1.54) is 0 Å². The maximum atomic E-state index is 11.7. The van der Waals surface area contributed by atoms with Crippen LogP contribution in [0.3, 0.4) is 0 Å². The van der Waals surface area contributed by atoms with Crippen molar-refractivity contribution in [2.24, 2.45) is 11.1 Å². The van der Waals surface area contributed by atoms with Gasteiger partial charge in [-0.2, -0.15) is 5.21 Å². The number of carbonyl (C=O) groups is 1. The quantitative estimate of drug-likeness (QED) is 0.615. The Hall–Kier alpha value is -1.50. The Morgan fingerprint density at radius 2 is 2.33 bits per heavy atom. The lowest BCUT2D eigenvalue weighted by Gasteiger charge is -2.23. The van der Waals surface area contributed by atoms with Crippen LogP contribution < -0.4 is 11.1 Å². The maximum Gasteiger partial charge on any atom is 0.227 e. The first-order chi connectivity index (χ1) is 6.97. The van der Waals surface area contributed by atoms with Gasteiger partial charge in [-0.05, 0) is 20.8 Å². The van der Waals surface area contributed by atoms with E-state index in [0.29, 0.717) is 5.82 Å². The fourth-order valence-electron chi connectivity index (χ4n) is 0.902. The molecule has 1 unspecified atom stereocenters. The van der Waals surface area contributed by atoms with Crippen LogP contribution in [0, 0.1) is 5.41 Å². The zero-order valence-electron chi connectivity index (χ0n) is 9.11. The molecular formula is C8H16N6O. The van der Waals surface area contributed by atoms with Crippen molar-refractivity contribution in [3.8, 4) is 0 Å². The van der Waals surface area contributed by atoms with E-state index in [0.717, 1.165) is 0 Å². The number of carbonyl (C=O) groups excluding carboxylic acids is 1. The Morgan fingerprint density at radius 1 is 1.67 bits per heavy atom. The van der Waals surface area contributed by atoms with E-state index in [2.05, 4.69) is 25.9 Å². The molecule has 4 N–H and O–H groups in total.